The third-order valence-electron chi connectivity index (χ3n) is 3.73. The van der Waals surface area contributed by atoms with Crippen molar-refractivity contribution in [2.24, 2.45) is 0 Å². The summed E-state index contributed by atoms with van der Waals surface area (Å²) in [7, 11) is 1.67. The van der Waals surface area contributed by atoms with Crippen LogP contribution in [0.25, 0.3) is 11.1 Å². The Morgan fingerprint density at radius 3 is 2.43 bits per heavy atom. The number of benzene rings is 2. The van der Waals surface area contributed by atoms with Gasteiger partial charge in [-0.2, -0.15) is 0 Å². The van der Waals surface area contributed by atoms with Crippen LogP contribution in [-0.2, 0) is 9.53 Å². The average Bonchev–Trinajstić information content (AvgIpc) is 2.56. The van der Waals surface area contributed by atoms with E-state index in [1.807, 2.05) is 73.8 Å². The number of carbonyl (C=O) groups is 1. The molecule has 0 radical (unpaired) electrons. The highest BCUT2D eigenvalue weighted by Gasteiger charge is 2.20. The summed E-state index contributed by atoms with van der Waals surface area (Å²) in [6, 6.07) is 18.0. The molecule has 0 unspecified atom stereocenters. The first-order chi connectivity index (χ1) is 11.1. The van der Waals surface area contributed by atoms with Gasteiger partial charge in [0.2, 0.25) is 0 Å². The molecule has 0 bridgehead atoms. The van der Waals surface area contributed by atoms with Crippen molar-refractivity contribution in [3.05, 3.63) is 54.6 Å². The summed E-state index contributed by atoms with van der Waals surface area (Å²) >= 11 is 0. The molecule has 0 aliphatic carbocycles. The summed E-state index contributed by atoms with van der Waals surface area (Å²) in [6.45, 7) is 4.58. The first-order valence-electron chi connectivity index (χ1n) is 7.91. The Morgan fingerprint density at radius 1 is 1.09 bits per heavy atom. The number of anilines is 1. The fourth-order valence-corrected chi connectivity index (χ4v) is 2.61. The summed E-state index contributed by atoms with van der Waals surface area (Å²) < 4.78 is 5.12. The maximum Gasteiger partial charge on any atom is 0.282 e. The van der Waals surface area contributed by atoms with E-state index in [0.29, 0.717) is 6.61 Å². The van der Waals surface area contributed by atoms with Crippen LogP contribution in [0, 0.1) is 0 Å². The lowest BCUT2D eigenvalue weighted by molar-refractivity contribution is -0.704. The van der Waals surface area contributed by atoms with E-state index in [1.54, 1.807) is 7.11 Å². The summed E-state index contributed by atoms with van der Waals surface area (Å²) in [6.07, 6.45) is 0. The molecule has 2 rings (SSSR count). The minimum absolute atomic E-state index is 0.00339. The Kier molecular flexibility index (Phi) is 6.32. The Hall–Kier alpha value is -2.17. The van der Waals surface area contributed by atoms with Crippen molar-refractivity contribution in [2.45, 2.75) is 25.9 Å². The number of nitrogens with two attached hydrogens (primary N) is 1. The van der Waals surface area contributed by atoms with Gasteiger partial charge in [-0.15, -0.1) is 0 Å². The van der Waals surface area contributed by atoms with E-state index in [-0.39, 0.29) is 18.0 Å². The molecule has 0 spiro atoms. The maximum absolute atomic E-state index is 12.5. The number of hydrogen-bond donors (Lipinski definition) is 2. The van der Waals surface area contributed by atoms with Gasteiger partial charge in [0.15, 0.2) is 6.04 Å². The predicted octanol–water partition coefficient (Wildman–Crippen LogP) is 2.28. The minimum Gasteiger partial charge on any atom is -0.379 e. The zero-order valence-electron chi connectivity index (χ0n) is 14.0. The van der Waals surface area contributed by atoms with Gasteiger partial charge in [-0.1, -0.05) is 48.5 Å². The van der Waals surface area contributed by atoms with Gasteiger partial charge in [0, 0.05) is 18.4 Å². The maximum atomic E-state index is 12.5. The fraction of sp³-hybridized carbons (Fsp3) is 0.316. The monoisotopic (exact) mass is 313 g/mol. The molecule has 3 N–H and O–H groups in total. The first kappa shape index (κ1) is 17.2. The largest absolute Gasteiger partial charge is 0.379 e. The van der Waals surface area contributed by atoms with Crippen molar-refractivity contribution < 1.29 is 14.8 Å². The molecule has 4 heteroatoms. The number of quaternary nitrogens is 1. The summed E-state index contributed by atoms with van der Waals surface area (Å²) in [4.78, 5) is 12.5. The molecular weight excluding hydrogens is 288 g/mol. The number of methoxy groups -OCH3 is 1. The number of carbonyl (C=O) groups excluding carboxylic acids is 1. The molecule has 2 atom stereocenters. The molecule has 0 aromatic heterocycles. The van der Waals surface area contributed by atoms with E-state index < -0.39 is 0 Å². The molecule has 0 saturated heterocycles. The van der Waals surface area contributed by atoms with Crippen LogP contribution < -0.4 is 10.6 Å². The molecule has 0 aliphatic rings. The third kappa shape index (κ3) is 4.91. The Morgan fingerprint density at radius 2 is 1.74 bits per heavy atom. The lowest BCUT2D eigenvalue weighted by atomic mass is 10.0. The summed E-state index contributed by atoms with van der Waals surface area (Å²) in [5, 5.41) is 5.06. The van der Waals surface area contributed by atoms with Gasteiger partial charge in [-0.05, 0) is 25.5 Å². The van der Waals surface area contributed by atoms with Gasteiger partial charge < -0.3 is 15.4 Å². The van der Waals surface area contributed by atoms with E-state index in [2.05, 4.69) is 5.32 Å². The van der Waals surface area contributed by atoms with Gasteiger partial charge in [-0.3, -0.25) is 4.79 Å². The molecule has 122 valence electrons. The van der Waals surface area contributed by atoms with Crippen molar-refractivity contribution in [3.8, 4) is 11.1 Å². The molecule has 0 heterocycles. The smallest absolute Gasteiger partial charge is 0.282 e. The minimum atomic E-state index is -0.177. The van der Waals surface area contributed by atoms with Crippen LogP contribution in [-0.4, -0.2) is 31.7 Å². The van der Waals surface area contributed by atoms with Crippen molar-refractivity contribution in [3.63, 3.8) is 0 Å². The molecule has 1 amide bonds. The highest BCUT2D eigenvalue weighted by atomic mass is 16.5. The molecular formula is C19H25N2O2+. The second-order valence-electron chi connectivity index (χ2n) is 5.81. The van der Waals surface area contributed by atoms with Crippen LogP contribution in [0.15, 0.2) is 54.6 Å². The van der Waals surface area contributed by atoms with Gasteiger partial charge in [0.25, 0.3) is 5.91 Å². The van der Waals surface area contributed by atoms with Crippen LogP contribution in [0.3, 0.4) is 0 Å². The highest BCUT2D eigenvalue weighted by molar-refractivity contribution is 5.97. The molecule has 4 nitrogen and oxygen atoms in total. The number of nitrogens with one attached hydrogen (secondary N) is 1. The highest BCUT2D eigenvalue weighted by Crippen LogP contribution is 2.27. The second-order valence-corrected chi connectivity index (χ2v) is 5.81. The standard InChI is InChI=1S/C19H24N2O2/c1-14(13-23-3)20-15(2)19(22)21-18-12-8-7-11-17(18)16-9-5-4-6-10-16/h4-12,14-15,20H,13H2,1-3H3,(H,21,22)/p+1/t14-,15-/m1/s1. The second kappa shape index (κ2) is 8.46. The van der Waals surface area contributed by atoms with E-state index in [4.69, 9.17) is 4.74 Å². The van der Waals surface area contributed by atoms with E-state index in [0.717, 1.165) is 16.8 Å². The van der Waals surface area contributed by atoms with Gasteiger partial charge in [0.1, 0.15) is 6.04 Å². The molecule has 0 aliphatic heterocycles. The van der Waals surface area contributed by atoms with Crippen molar-refractivity contribution in [1.29, 1.82) is 0 Å². The summed E-state index contributed by atoms with van der Waals surface area (Å²) in [5.41, 5.74) is 2.95. The number of para-hydroxylation sites is 1. The molecule has 0 fully saturated rings. The average molecular weight is 313 g/mol. The Labute approximate surface area is 137 Å². The Balaban J connectivity index is 2.10. The quantitative estimate of drug-likeness (QED) is 0.824. The van der Waals surface area contributed by atoms with Gasteiger partial charge in [0.05, 0.1) is 6.61 Å². The molecule has 0 saturated carbocycles. The van der Waals surface area contributed by atoms with E-state index >= 15 is 0 Å². The van der Waals surface area contributed by atoms with E-state index in [9.17, 15) is 4.79 Å². The molecule has 23 heavy (non-hydrogen) atoms. The lowest BCUT2D eigenvalue weighted by Crippen LogP contribution is -2.96. The molecule has 2 aromatic rings. The molecule has 2 aromatic carbocycles. The van der Waals surface area contributed by atoms with Crippen LogP contribution >= 0.6 is 0 Å². The number of amides is 1. The number of rotatable bonds is 7. The van der Waals surface area contributed by atoms with Crippen LogP contribution in [0.2, 0.25) is 0 Å². The Bertz CT molecular complexity index is 628. The number of hydrogen-bond acceptors (Lipinski definition) is 2. The van der Waals surface area contributed by atoms with Gasteiger partial charge in [-0.25, -0.2) is 0 Å². The van der Waals surface area contributed by atoms with Crippen LogP contribution in [0.4, 0.5) is 5.69 Å². The van der Waals surface area contributed by atoms with E-state index in [1.165, 1.54) is 0 Å². The van der Waals surface area contributed by atoms with Crippen LogP contribution in [0.1, 0.15) is 13.8 Å². The van der Waals surface area contributed by atoms with Gasteiger partial charge >= 0.3 is 0 Å². The zero-order valence-corrected chi connectivity index (χ0v) is 14.0. The topological polar surface area (TPSA) is 54.9 Å². The summed E-state index contributed by atoms with van der Waals surface area (Å²) in [5.74, 6) is -0.00339. The SMILES string of the molecule is COC[C@@H](C)[NH2+][C@H](C)C(=O)Nc1ccccc1-c1ccccc1. The first-order valence-corrected chi connectivity index (χ1v) is 7.91. The zero-order chi connectivity index (χ0) is 16.7. The fourth-order valence-electron chi connectivity index (χ4n) is 2.61. The van der Waals surface area contributed by atoms with Crippen LogP contribution in [0.5, 0.6) is 0 Å². The normalized spacial score (nSPS) is 13.3. The number of ether oxygens (including phenoxy) is 1. The van der Waals surface area contributed by atoms with Crippen molar-refractivity contribution >= 4 is 11.6 Å². The lowest BCUT2D eigenvalue weighted by Gasteiger charge is -2.17. The third-order valence-corrected chi connectivity index (χ3v) is 3.73. The predicted molar refractivity (Wildman–Crippen MR) is 93.2 cm³/mol. The van der Waals surface area contributed by atoms with Crippen molar-refractivity contribution in [1.82, 2.24) is 0 Å². The van der Waals surface area contributed by atoms with Crippen molar-refractivity contribution in [2.75, 3.05) is 19.0 Å².